The first-order valence-corrected chi connectivity index (χ1v) is 1.25. The molecule has 0 amide bonds. The molecule has 3 heteroatoms. The summed E-state index contributed by atoms with van der Waals surface area (Å²) in [6.45, 7) is 0.0833. The van der Waals surface area contributed by atoms with E-state index < -0.39 is 0 Å². The molecule has 0 N–H and O–H groups in total. The Bertz CT molecular complexity index is 30.0. The average molecular weight is 124 g/mol. The topological polar surface area (TPSA) is 26.3 Å². The number of ether oxygens (including phenoxy) is 1. The molecule has 0 aromatic rings. The summed E-state index contributed by atoms with van der Waals surface area (Å²) in [6, 6.07) is 0. The van der Waals surface area contributed by atoms with E-state index in [1.54, 1.807) is 6.29 Å². The molecule has 0 unspecified atom stereocenters. The van der Waals surface area contributed by atoms with Crippen molar-refractivity contribution in [2.75, 3.05) is 13.7 Å². The first-order chi connectivity index (χ1) is 2.41. The van der Waals surface area contributed by atoms with E-state index in [1.807, 2.05) is 0 Å². The molecule has 0 aliphatic heterocycles. The summed E-state index contributed by atoms with van der Waals surface area (Å²) in [5.74, 6) is 0. The summed E-state index contributed by atoms with van der Waals surface area (Å²) in [5.41, 5.74) is 0. The summed E-state index contributed by atoms with van der Waals surface area (Å²) in [6.07, 6.45) is 1.55. The van der Waals surface area contributed by atoms with E-state index in [0.29, 0.717) is 0 Å². The minimum atomic E-state index is 0. The molecule has 6 heavy (non-hydrogen) atoms. The van der Waals surface area contributed by atoms with Crippen LogP contribution in [0.1, 0.15) is 0 Å². The maximum atomic E-state index is 9.15. The van der Waals surface area contributed by atoms with Crippen molar-refractivity contribution in [2.24, 2.45) is 0 Å². The summed E-state index contributed by atoms with van der Waals surface area (Å²) < 4.78 is 4.27. The van der Waals surface area contributed by atoms with Crippen LogP contribution in [0.25, 0.3) is 0 Å². The summed E-state index contributed by atoms with van der Waals surface area (Å²) >= 11 is 0. The van der Waals surface area contributed by atoms with Gasteiger partial charge in [-0.25, -0.2) is 6.29 Å². The van der Waals surface area contributed by atoms with Crippen molar-refractivity contribution >= 4 is 6.29 Å². The van der Waals surface area contributed by atoms with Gasteiger partial charge in [0.05, 0.1) is 0 Å². The van der Waals surface area contributed by atoms with Gasteiger partial charge in [-0.2, -0.15) is 0 Å². The van der Waals surface area contributed by atoms with Crippen LogP contribution in [0, 0.1) is 0 Å². The van der Waals surface area contributed by atoms with Gasteiger partial charge < -0.3 is 9.53 Å². The van der Waals surface area contributed by atoms with Gasteiger partial charge in [0.2, 0.25) is 0 Å². The Morgan fingerprint density at radius 3 is 2.33 bits per heavy atom. The minimum absolute atomic E-state index is 0. The van der Waals surface area contributed by atoms with Crippen LogP contribution in [0.2, 0.25) is 0 Å². The number of carbonyl (C=O) groups excluding carboxylic acids is 1. The molecule has 0 aliphatic carbocycles. The molecule has 0 spiro atoms. The van der Waals surface area contributed by atoms with Crippen LogP contribution in [0.4, 0.5) is 0 Å². The van der Waals surface area contributed by atoms with Crippen LogP contribution in [-0.2, 0) is 28.1 Å². The van der Waals surface area contributed by atoms with Crippen LogP contribution in [-0.4, -0.2) is 20.0 Å². The number of methoxy groups -OCH3 is 1. The Kier molecular flexibility index (Phi) is 14.2. The molecule has 0 saturated heterocycles. The van der Waals surface area contributed by atoms with Gasteiger partial charge in [0, 0.05) is 25.7 Å². The van der Waals surface area contributed by atoms with Gasteiger partial charge in [0.25, 0.3) is 0 Å². The molecule has 0 aromatic carbocycles. The molecule has 0 atom stereocenters. The largest absolute Gasteiger partial charge is 0.540 e. The summed E-state index contributed by atoms with van der Waals surface area (Å²) in [4.78, 5) is 9.15. The van der Waals surface area contributed by atoms with Gasteiger partial charge in [0.15, 0.2) is 0 Å². The predicted octanol–water partition coefficient (Wildman–Crippen LogP) is -0.260. The maximum Gasteiger partial charge on any atom is 0.0322 e. The Balaban J connectivity index is 0. The molecule has 2 nitrogen and oxygen atoms in total. The number of rotatable bonds is 2. The third kappa shape index (κ3) is 8.88. The average Bonchev–Trinajstić information content (AvgIpc) is 1.41. The molecule has 35 valence electrons. The molecule has 0 aromatic heterocycles. The molecule has 0 bridgehead atoms. The quantitative estimate of drug-likeness (QED) is 0.474. The van der Waals surface area contributed by atoms with Gasteiger partial charge in [0.1, 0.15) is 0 Å². The van der Waals surface area contributed by atoms with Crippen molar-refractivity contribution in [1.29, 1.82) is 0 Å². The second-order valence-electron chi connectivity index (χ2n) is 0.577. The van der Waals surface area contributed by atoms with Crippen LogP contribution < -0.4 is 0 Å². The molecular weight excluding hydrogens is 119 g/mol. The molecule has 0 rings (SSSR count). The fourth-order valence-electron chi connectivity index (χ4n) is 0.0589. The molecule has 0 fully saturated rings. The molecule has 1 radical (unpaired) electrons. The minimum Gasteiger partial charge on any atom is -0.540 e. The first kappa shape index (κ1) is 9.51. The zero-order valence-electron chi connectivity index (χ0n) is 3.47. The van der Waals surface area contributed by atoms with Crippen LogP contribution in [0.3, 0.4) is 0 Å². The zero-order valence-corrected chi connectivity index (χ0v) is 4.87. The summed E-state index contributed by atoms with van der Waals surface area (Å²) in [7, 11) is 1.45. The molecular formula is C3H5O2V-. The molecule has 0 saturated carbocycles. The zero-order chi connectivity index (χ0) is 4.12. The Hall–Kier alpha value is 0.214. The fourth-order valence-corrected chi connectivity index (χ4v) is 0.0589. The van der Waals surface area contributed by atoms with E-state index in [-0.39, 0.29) is 25.2 Å². The van der Waals surface area contributed by atoms with E-state index in [9.17, 15) is 0 Å². The van der Waals surface area contributed by atoms with Crippen molar-refractivity contribution in [1.82, 2.24) is 0 Å². The van der Waals surface area contributed by atoms with Crippen molar-refractivity contribution in [2.45, 2.75) is 0 Å². The van der Waals surface area contributed by atoms with Crippen LogP contribution in [0.15, 0.2) is 0 Å². The predicted molar refractivity (Wildman–Crippen MR) is 17.6 cm³/mol. The Morgan fingerprint density at radius 1 is 1.83 bits per heavy atom. The third-order valence-electron chi connectivity index (χ3n) is 0.203. The first-order valence-electron chi connectivity index (χ1n) is 1.25. The van der Waals surface area contributed by atoms with Gasteiger partial charge >= 0.3 is 0 Å². The Labute approximate surface area is 48.8 Å². The van der Waals surface area contributed by atoms with E-state index in [4.69, 9.17) is 4.79 Å². The maximum absolute atomic E-state index is 9.15. The van der Waals surface area contributed by atoms with Gasteiger partial charge in [-0.05, 0) is 6.61 Å². The second-order valence-corrected chi connectivity index (χ2v) is 0.577. The Morgan fingerprint density at radius 2 is 2.33 bits per heavy atom. The standard InChI is InChI=1S/C3H5O2.V/c1-5-3-2-4;/h3H2,1H3;/q-1;. The van der Waals surface area contributed by atoms with E-state index in [2.05, 4.69) is 4.74 Å². The SMILES string of the molecule is COC[C-]=O.[V]. The van der Waals surface area contributed by atoms with Crippen LogP contribution in [0.5, 0.6) is 0 Å². The van der Waals surface area contributed by atoms with E-state index in [0.717, 1.165) is 0 Å². The second kappa shape index (κ2) is 8.96. The third-order valence-corrected chi connectivity index (χ3v) is 0.203. The molecule has 0 aliphatic rings. The van der Waals surface area contributed by atoms with Crippen LogP contribution >= 0.6 is 0 Å². The van der Waals surface area contributed by atoms with Crippen molar-refractivity contribution in [3.05, 3.63) is 0 Å². The van der Waals surface area contributed by atoms with E-state index >= 15 is 0 Å². The normalized spacial score (nSPS) is 6.17. The van der Waals surface area contributed by atoms with Crippen molar-refractivity contribution in [3.8, 4) is 0 Å². The fraction of sp³-hybridized carbons (Fsp3) is 0.667. The number of hydrogen-bond acceptors (Lipinski definition) is 2. The molecule has 0 heterocycles. The van der Waals surface area contributed by atoms with Gasteiger partial charge in [-0.3, -0.25) is 0 Å². The summed E-state index contributed by atoms with van der Waals surface area (Å²) in [5, 5.41) is 0. The van der Waals surface area contributed by atoms with Crippen molar-refractivity contribution < 1.29 is 28.1 Å². The van der Waals surface area contributed by atoms with E-state index in [1.165, 1.54) is 7.11 Å². The van der Waals surface area contributed by atoms with Crippen molar-refractivity contribution in [3.63, 3.8) is 0 Å². The van der Waals surface area contributed by atoms with Gasteiger partial charge in [-0.1, -0.05) is 0 Å². The van der Waals surface area contributed by atoms with Gasteiger partial charge in [-0.15, -0.1) is 0 Å². The smallest absolute Gasteiger partial charge is 0.0322 e. The monoisotopic (exact) mass is 124 g/mol. The number of hydrogen-bond donors (Lipinski definition) is 0.